The van der Waals surface area contributed by atoms with Crippen LogP contribution in [0.3, 0.4) is 0 Å². The van der Waals surface area contributed by atoms with E-state index < -0.39 is 0 Å². The number of aryl methyl sites for hydroxylation is 1. The molecule has 4 heteroatoms. The molecule has 3 nitrogen and oxygen atoms in total. The van der Waals surface area contributed by atoms with Crippen molar-refractivity contribution in [3.05, 3.63) is 34.5 Å². The smallest absolute Gasteiger partial charge is 0.314 e. The van der Waals surface area contributed by atoms with Gasteiger partial charge < -0.3 is 9.72 Å². The maximum absolute atomic E-state index is 12.0. The molecule has 0 spiro atoms. The van der Waals surface area contributed by atoms with Gasteiger partial charge in [0.15, 0.2) is 0 Å². The van der Waals surface area contributed by atoms with E-state index in [9.17, 15) is 4.79 Å². The fraction of sp³-hybridized carbons (Fsp3) is 0.400. The zero-order chi connectivity index (χ0) is 13.4. The molecule has 1 aromatic heterocycles. The minimum absolute atomic E-state index is 0.124. The van der Waals surface area contributed by atoms with Crippen molar-refractivity contribution in [2.75, 3.05) is 6.61 Å². The van der Waals surface area contributed by atoms with Crippen molar-refractivity contribution in [1.29, 1.82) is 0 Å². The number of carbonyl (C=O) groups excluding carboxylic acids is 1. The minimum atomic E-state index is -0.158. The van der Waals surface area contributed by atoms with Crippen LogP contribution in [0.1, 0.15) is 36.9 Å². The van der Waals surface area contributed by atoms with Crippen LogP contribution in [0, 0.1) is 0 Å². The number of nitrogens with one attached hydrogen (secondary N) is 1. The van der Waals surface area contributed by atoms with Crippen molar-refractivity contribution in [3.63, 3.8) is 0 Å². The zero-order valence-corrected chi connectivity index (χ0v) is 11.6. The highest BCUT2D eigenvalue weighted by Gasteiger charge is 2.30. The Morgan fingerprint density at radius 1 is 1.53 bits per heavy atom. The molecule has 1 aromatic carbocycles. The second kappa shape index (κ2) is 4.89. The van der Waals surface area contributed by atoms with Gasteiger partial charge in [-0.25, -0.2) is 0 Å². The maximum Gasteiger partial charge on any atom is 0.314 e. The van der Waals surface area contributed by atoms with Crippen LogP contribution in [-0.4, -0.2) is 17.6 Å². The van der Waals surface area contributed by atoms with Crippen molar-refractivity contribution in [2.45, 2.75) is 32.1 Å². The molecule has 0 saturated heterocycles. The Morgan fingerprint density at radius 3 is 3.16 bits per heavy atom. The highest BCUT2D eigenvalue weighted by molar-refractivity contribution is 6.31. The number of ether oxygens (including phenoxy) is 1. The molecule has 3 rings (SSSR count). The lowest BCUT2D eigenvalue weighted by Gasteiger charge is -2.20. The Hall–Kier alpha value is -1.48. The Kier molecular flexibility index (Phi) is 3.23. The van der Waals surface area contributed by atoms with Crippen LogP contribution in [0.25, 0.3) is 10.9 Å². The fourth-order valence-corrected chi connectivity index (χ4v) is 3.09. The molecule has 0 radical (unpaired) electrons. The van der Waals surface area contributed by atoms with Crippen LogP contribution >= 0.6 is 11.6 Å². The van der Waals surface area contributed by atoms with Crippen molar-refractivity contribution >= 4 is 28.5 Å². The van der Waals surface area contributed by atoms with E-state index >= 15 is 0 Å². The summed E-state index contributed by atoms with van der Waals surface area (Å²) in [6.07, 6.45) is 2.88. The van der Waals surface area contributed by atoms with Gasteiger partial charge in [0.2, 0.25) is 0 Å². The highest BCUT2D eigenvalue weighted by atomic mass is 35.5. The van der Waals surface area contributed by atoms with E-state index in [0.29, 0.717) is 11.6 Å². The standard InChI is InChI=1S/C15H16ClNO2/c1-2-19-15(18)12-5-3-4-11-10-7-6-9(16)8-13(10)17-14(11)12/h6-8,12,17H,2-5H2,1H3. The fourth-order valence-electron chi connectivity index (χ4n) is 2.92. The lowest BCUT2D eigenvalue weighted by atomic mass is 9.87. The molecular weight excluding hydrogens is 262 g/mol. The SMILES string of the molecule is CCOC(=O)C1CCCc2c1[nH]c1cc(Cl)ccc21. The van der Waals surface area contributed by atoms with Gasteiger partial charge in [-0.05, 0) is 43.9 Å². The summed E-state index contributed by atoms with van der Waals surface area (Å²) < 4.78 is 5.17. The monoisotopic (exact) mass is 277 g/mol. The normalized spacial score (nSPS) is 18.3. The minimum Gasteiger partial charge on any atom is -0.465 e. The zero-order valence-electron chi connectivity index (χ0n) is 10.8. The Morgan fingerprint density at radius 2 is 2.37 bits per heavy atom. The summed E-state index contributed by atoms with van der Waals surface area (Å²) in [4.78, 5) is 15.4. The molecule has 0 fully saturated rings. The molecule has 0 amide bonds. The summed E-state index contributed by atoms with van der Waals surface area (Å²) in [6.45, 7) is 2.27. The highest BCUT2D eigenvalue weighted by Crippen LogP contribution is 2.37. The first kappa shape index (κ1) is 12.5. The first-order chi connectivity index (χ1) is 9.20. The molecule has 2 aromatic rings. The van der Waals surface area contributed by atoms with Gasteiger partial charge >= 0.3 is 5.97 Å². The van der Waals surface area contributed by atoms with Gasteiger partial charge in [0.25, 0.3) is 0 Å². The van der Waals surface area contributed by atoms with Crippen molar-refractivity contribution < 1.29 is 9.53 Å². The summed E-state index contributed by atoms with van der Waals surface area (Å²) >= 11 is 6.02. The Balaban J connectivity index is 2.09. The number of halogens is 1. The van der Waals surface area contributed by atoms with Crippen LogP contribution in [0.4, 0.5) is 0 Å². The molecule has 0 aliphatic heterocycles. The molecule has 1 atom stereocenters. The number of esters is 1. The van der Waals surface area contributed by atoms with Gasteiger partial charge in [-0.3, -0.25) is 4.79 Å². The summed E-state index contributed by atoms with van der Waals surface area (Å²) in [6, 6.07) is 5.84. The van der Waals surface area contributed by atoms with Gasteiger partial charge in [0, 0.05) is 21.6 Å². The van der Waals surface area contributed by atoms with Crippen molar-refractivity contribution in [2.24, 2.45) is 0 Å². The van der Waals surface area contributed by atoms with Crippen molar-refractivity contribution in [3.8, 4) is 0 Å². The van der Waals surface area contributed by atoms with Gasteiger partial charge in [-0.1, -0.05) is 17.7 Å². The third-order valence-electron chi connectivity index (χ3n) is 3.74. The molecule has 0 saturated carbocycles. The lowest BCUT2D eigenvalue weighted by Crippen LogP contribution is -2.20. The lowest BCUT2D eigenvalue weighted by molar-refractivity contribution is -0.145. The van der Waals surface area contributed by atoms with Crippen LogP contribution < -0.4 is 0 Å². The third kappa shape index (κ3) is 2.12. The van der Waals surface area contributed by atoms with E-state index in [0.717, 1.165) is 30.5 Å². The molecule has 1 aliphatic rings. The van der Waals surface area contributed by atoms with E-state index in [1.54, 1.807) is 0 Å². The number of carbonyl (C=O) groups is 1. The maximum atomic E-state index is 12.0. The number of hydrogen-bond donors (Lipinski definition) is 1. The molecule has 1 aliphatic carbocycles. The van der Waals surface area contributed by atoms with Gasteiger partial charge in [0.05, 0.1) is 12.5 Å². The average molecular weight is 278 g/mol. The van der Waals surface area contributed by atoms with Gasteiger partial charge in [0.1, 0.15) is 0 Å². The first-order valence-electron chi connectivity index (χ1n) is 6.67. The number of H-pyrrole nitrogens is 1. The van der Waals surface area contributed by atoms with E-state index in [4.69, 9.17) is 16.3 Å². The van der Waals surface area contributed by atoms with Crippen LogP contribution in [0.2, 0.25) is 5.02 Å². The second-order valence-corrected chi connectivity index (χ2v) is 5.34. The summed E-state index contributed by atoms with van der Waals surface area (Å²) in [5.74, 6) is -0.282. The molecule has 1 unspecified atom stereocenters. The number of benzene rings is 1. The molecular formula is C15H16ClNO2. The van der Waals surface area contributed by atoms with Crippen molar-refractivity contribution in [1.82, 2.24) is 4.98 Å². The van der Waals surface area contributed by atoms with Crippen LogP contribution in [-0.2, 0) is 16.0 Å². The van der Waals surface area contributed by atoms with E-state index in [-0.39, 0.29) is 11.9 Å². The number of hydrogen-bond acceptors (Lipinski definition) is 2. The summed E-state index contributed by atoms with van der Waals surface area (Å²) in [5.41, 5.74) is 3.27. The molecule has 1 N–H and O–H groups in total. The van der Waals surface area contributed by atoms with Crippen LogP contribution in [0.15, 0.2) is 18.2 Å². The van der Waals surface area contributed by atoms with Gasteiger partial charge in [-0.15, -0.1) is 0 Å². The quantitative estimate of drug-likeness (QED) is 0.848. The first-order valence-corrected chi connectivity index (χ1v) is 7.05. The molecule has 100 valence electrons. The molecule has 0 bridgehead atoms. The predicted molar refractivity (Wildman–Crippen MR) is 75.6 cm³/mol. The van der Waals surface area contributed by atoms with E-state index in [1.165, 1.54) is 10.9 Å². The number of aromatic amines is 1. The molecule has 1 heterocycles. The predicted octanol–water partition coefficient (Wildman–Crippen LogP) is 3.80. The van der Waals surface area contributed by atoms with E-state index in [2.05, 4.69) is 4.98 Å². The topological polar surface area (TPSA) is 42.1 Å². The average Bonchev–Trinajstić information content (AvgIpc) is 2.75. The van der Waals surface area contributed by atoms with Gasteiger partial charge in [-0.2, -0.15) is 0 Å². The summed E-state index contributed by atoms with van der Waals surface area (Å²) in [5, 5.41) is 1.88. The van der Waals surface area contributed by atoms with Crippen LogP contribution in [0.5, 0.6) is 0 Å². The molecule has 19 heavy (non-hydrogen) atoms. The van der Waals surface area contributed by atoms with E-state index in [1.807, 2.05) is 25.1 Å². The number of aromatic nitrogens is 1. The summed E-state index contributed by atoms with van der Waals surface area (Å²) in [7, 11) is 0. The number of rotatable bonds is 2. The number of fused-ring (bicyclic) bond motifs is 3. The Labute approximate surface area is 116 Å². The third-order valence-corrected chi connectivity index (χ3v) is 3.98. The second-order valence-electron chi connectivity index (χ2n) is 4.90. The Bertz CT molecular complexity index is 632. The largest absolute Gasteiger partial charge is 0.465 e.